The molecule has 0 saturated heterocycles. The number of benzene rings is 3. The predicted octanol–water partition coefficient (Wildman–Crippen LogP) is 8.83. The smallest absolute Gasteiger partial charge is 0.129 e. The molecule has 0 spiro atoms. The first-order chi connectivity index (χ1) is 17.7. The van der Waals surface area contributed by atoms with E-state index in [-0.39, 0.29) is 20.1 Å². The SMILES string of the molecule is Cc1ccc(-c2[c-]ccc3c2oc2c4cc(C)sc4ccc32)nc1.[Ir].[c-]1ccccc1-c1ccccn1. The van der Waals surface area contributed by atoms with Crippen LogP contribution in [0.15, 0.2) is 102 Å². The Morgan fingerprint density at radius 3 is 2.35 bits per heavy atom. The van der Waals surface area contributed by atoms with Crippen molar-refractivity contribution >= 4 is 43.4 Å². The van der Waals surface area contributed by atoms with Crippen LogP contribution < -0.4 is 0 Å². The van der Waals surface area contributed by atoms with Gasteiger partial charge in [-0.1, -0.05) is 41.3 Å². The molecule has 5 heteroatoms. The van der Waals surface area contributed by atoms with Crippen LogP contribution in [0.25, 0.3) is 54.5 Å². The quantitative estimate of drug-likeness (QED) is 0.172. The van der Waals surface area contributed by atoms with E-state index in [1.54, 1.807) is 17.5 Å². The summed E-state index contributed by atoms with van der Waals surface area (Å²) in [5, 5.41) is 3.46. The molecule has 0 N–H and O–H groups in total. The van der Waals surface area contributed by atoms with E-state index >= 15 is 0 Å². The number of pyridine rings is 2. The Labute approximate surface area is 233 Å². The molecular formula is C32H22IrN2OS-2. The van der Waals surface area contributed by atoms with Crippen LogP contribution in [0.5, 0.6) is 0 Å². The van der Waals surface area contributed by atoms with E-state index in [2.05, 4.69) is 59.4 Å². The standard InChI is InChI=1S/C21H14NOS.C11H8N.Ir/c1-12-6-8-18(22-11-12)16-5-3-4-14-15-7-9-19-17(10-13(2)24-19)21(15)23-20(14)16;1-2-6-10(7-3-1)11-8-4-5-9-12-11;/h3-4,6-11H,1-2H3;1-6,8-9H;/q2*-1;. The number of nitrogens with zero attached hydrogens (tertiary/aromatic N) is 2. The minimum atomic E-state index is 0. The van der Waals surface area contributed by atoms with Crippen molar-refractivity contribution in [1.29, 1.82) is 0 Å². The Kier molecular flexibility index (Phi) is 7.29. The monoisotopic (exact) mass is 675 g/mol. The van der Waals surface area contributed by atoms with Gasteiger partial charge in [0.15, 0.2) is 0 Å². The largest absolute Gasteiger partial charge is 0.500 e. The Hall–Kier alpha value is -3.63. The van der Waals surface area contributed by atoms with Crippen LogP contribution >= 0.6 is 11.3 Å². The van der Waals surface area contributed by atoms with Crippen LogP contribution in [-0.4, -0.2) is 9.97 Å². The van der Waals surface area contributed by atoms with Gasteiger partial charge in [0.05, 0.1) is 5.58 Å². The number of fused-ring (bicyclic) bond motifs is 5. The molecule has 0 amide bonds. The Balaban J connectivity index is 0.000000183. The molecule has 37 heavy (non-hydrogen) atoms. The average molecular weight is 675 g/mol. The van der Waals surface area contributed by atoms with Crippen LogP contribution in [0.1, 0.15) is 10.4 Å². The molecular weight excluding hydrogens is 653 g/mol. The fourth-order valence-electron chi connectivity index (χ4n) is 4.32. The van der Waals surface area contributed by atoms with Crippen molar-refractivity contribution < 1.29 is 24.5 Å². The zero-order valence-corrected chi connectivity index (χ0v) is 23.5. The van der Waals surface area contributed by atoms with E-state index in [1.165, 1.54) is 15.0 Å². The molecule has 4 aromatic heterocycles. The third kappa shape index (κ3) is 4.99. The molecule has 7 rings (SSSR count). The van der Waals surface area contributed by atoms with Gasteiger partial charge in [-0.2, -0.15) is 0 Å². The summed E-state index contributed by atoms with van der Waals surface area (Å²) in [6.45, 7) is 4.17. The van der Waals surface area contributed by atoms with E-state index in [0.29, 0.717) is 0 Å². The number of furan rings is 1. The summed E-state index contributed by atoms with van der Waals surface area (Å²) < 4.78 is 7.59. The van der Waals surface area contributed by atoms with Gasteiger partial charge in [0, 0.05) is 52.8 Å². The zero-order chi connectivity index (χ0) is 24.5. The van der Waals surface area contributed by atoms with Crippen molar-refractivity contribution in [1.82, 2.24) is 9.97 Å². The maximum absolute atomic E-state index is 6.33. The van der Waals surface area contributed by atoms with Crippen molar-refractivity contribution in [2.75, 3.05) is 0 Å². The molecule has 0 fully saturated rings. The molecule has 183 valence electrons. The summed E-state index contributed by atoms with van der Waals surface area (Å²) in [6.07, 6.45) is 3.67. The summed E-state index contributed by atoms with van der Waals surface area (Å²) in [7, 11) is 0. The second-order valence-electron chi connectivity index (χ2n) is 8.62. The van der Waals surface area contributed by atoms with Gasteiger partial charge in [-0.3, -0.25) is 0 Å². The molecule has 0 aliphatic rings. The zero-order valence-electron chi connectivity index (χ0n) is 20.3. The van der Waals surface area contributed by atoms with Gasteiger partial charge in [-0.15, -0.1) is 65.4 Å². The van der Waals surface area contributed by atoms with Gasteiger partial charge in [0.1, 0.15) is 5.58 Å². The average Bonchev–Trinajstić information content (AvgIpc) is 3.50. The van der Waals surface area contributed by atoms with Gasteiger partial charge < -0.3 is 14.4 Å². The minimum absolute atomic E-state index is 0. The normalized spacial score (nSPS) is 10.8. The van der Waals surface area contributed by atoms with Gasteiger partial charge in [0.2, 0.25) is 0 Å². The van der Waals surface area contributed by atoms with E-state index in [9.17, 15) is 0 Å². The van der Waals surface area contributed by atoms with Gasteiger partial charge in [-0.05, 0) is 49.0 Å². The predicted molar refractivity (Wildman–Crippen MR) is 149 cm³/mol. The van der Waals surface area contributed by atoms with Crippen LogP contribution in [-0.2, 0) is 20.1 Å². The second-order valence-corrected chi connectivity index (χ2v) is 9.91. The second kappa shape index (κ2) is 10.8. The fourth-order valence-corrected chi connectivity index (χ4v) is 5.24. The number of aryl methyl sites for hydroxylation is 2. The van der Waals surface area contributed by atoms with E-state index in [1.807, 2.05) is 67.7 Å². The van der Waals surface area contributed by atoms with Crippen molar-refractivity contribution in [2.24, 2.45) is 0 Å². The number of hydrogen-bond donors (Lipinski definition) is 0. The summed E-state index contributed by atoms with van der Waals surface area (Å²) in [4.78, 5) is 10.1. The van der Waals surface area contributed by atoms with E-state index in [4.69, 9.17) is 4.42 Å². The van der Waals surface area contributed by atoms with Crippen LogP contribution in [0.3, 0.4) is 0 Å². The Bertz CT molecular complexity index is 1750. The molecule has 0 aliphatic heterocycles. The first-order valence-electron chi connectivity index (χ1n) is 11.7. The number of thiophene rings is 1. The van der Waals surface area contributed by atoms with E-state index < -0.39 is 0 Å². The molecule has 0 aliphatic carbocycles. The first-order valence-corrected chi connectivity index (χ1v) is 12.6. The summed E-state index contributed by atoms with van der Waals surface area (Å²) in [5.41, 5.74) is 6.79. The summed E-state index contributed by atoms with van der Waals surface area (Å²) >= 11 is 1.80. The fraction of sp³-hybridized carbons (Fsp3) is 0.0625. The van der Waals surface area contributed by atoms with Crippen molar-refractivity contribution in [3.63, 3.8) is 0 Å². The summed E-state index contributed by atoms with van der Waals surface area (Å²) in [5.74, 6) is 0. The molecule has 0 unspecified atom stereocenters. The van der Waals surface area contributed by atoms with Crippen molar-refractivity contribution in [2.45, 2.75) is 13.8 Å². The molecule has 4 heterocycles. The maximum atomic E-state index is 6.33. The topological polar surface area (TPSA) is 38.9 Å². The van der Waals surface area contributed by atoms with Gasteiger partial charge in [-0.25, -0.2) is 0 Å². The van der Waals surface area contributed by atoms with E-state index in [0.717, 1.165) is 50.0 Å². The van der Waals surface area contributed by atoms with Gasteiger partial charge in [0.25, 0.3) is 0 Å². The summed E-state index contributed by atoms with van der Waals surface area (Å²) in [6, 6.07) is 34.8. The molecule has 7 aromatic rings. The third-order valence-electron chi connectivity index (χ3n) is 6.04. The Morgan fingerprint density at radius 1 is 0.730 bits per heavy atom. The molecule has 0 saturated carbocycles. The molecule has 0 atom stereocenters. The number of aromatic nitrogens is 2. The number of rotatable bonds is 2. The Morgan fingerprint density at radius 2 is 1.59 bits per heavy atom. The maximum Gasteiger partial charge on any atom is 0.129 e. The molecule has 0 bridgehead atoms. The molecule has 3 aromatic carbocycles. The third-order valence-corrected chi connectivity index (χ3v) is 7.05. The van der Waals surface area contributed by atoms with Crippen LogP contribution in [0.2, 0.25) is 0 Å². The van der Waals surface area contributed by atoms with Gasteiger partial charge >= 0.3 is 0 Å². The van der Waals surface area contributed by atoms with Crippen molar-refractivity contribution in [3.05, 3.63) is 120 Å². The molecule has 3 nitrogen and oxygen atoms in total. The van der Waals surface area contributed by atoms with Crippen LogP contribution in [0.4, 0.5) is 0 Å². The number of hydrogen-bond acceptors (Lipinski definition) is 4. The first kappa shape index (κ1) is 25.0. The van der Waals surface area contributed by atoms with Crippen LogP contribution in [0, 0.1) is 26.0 Å². The van der Waals surface area contributed by atoms with Crippen molar-refractivity contribution in [3.8, 4) is 22.5 Å². The molecule has 1 radical (unpaired) electrons. The minimum Gasteiger partial charge on any atom is -0.500 e.